The Bertz CT molecular complexity index is 3100. The Morgan fingerprint density at radius 2 is 1.08 bits per heavy atom. The molecule has 0 aliphatic carbocycles. The quantitative estimate of drug-likeness (QED) is 0.187. The number of rotatable bonds is 4. The van der Waals surface area contributed by atoms with Gasteiger partial charge in [-0.3, -0.25) is 4.57 Å². The van der Waals surface area contributed by atoms with Gasteiger partial charge in [-0.25, -0.2) is 4.98 Å². The fourth-order valence-electron chi connectivity index (χ4n) is 7.51. The summed E-state index contributed by atoms with van der Waals surface area (Å²) in [5.41, 5.74) is 7.74. The summed E-state index contributed by atoms with van der Waals surface area (Å²) in [6, 6.07) is 54.9. The minimum absolute atomic E-state index is 0.569. The standard InChI is InChI=1S/C45H26N4OS/c1-2-11-27(12-3-1)43-46-44(48-45(47-43)49-37-18-7-4-13-31(37)32-14-5-8-19-38(32)49)29-21-23-33-35-17-10-16-30(42(35)50-39(33)26-29)28-22-24-41-36(25-28)34-15-6-9-20-40(34)51-41/h1-26H. The van der Waals surface area contributed by atoms with Crippen molar-refractivity contribution in [3.63, 3.8) is 0 Å². The zero-order valence-electron chi connectivity index (χ0n) is 27.1. The molecule has 11 aromatic rings. The summed E-state index contributed by atoms with van der Waals surface area (Å²) in [5.74, 6) is 1.76. The molecule has 0 atom stereocenters. The van der Waals surface area contributed by atoms with Crippen LogP contribution >= 0.6 is 11.3 Å². The number of thiophene rings is 1. The van der Waals surface area contributed by atoms with Gasteiger partial charge in [-0.05, 0) is 48.0 Å². The first kappa shape index (κ1) is 28.2. The SMILES string of the molecule is c1ccc(-c2nc(-c3ccc4c(c3)oc3c(-c5ccc6sc7ccccc7c6c5)cccc34)nc(-n3c4ccccc4c4ccccc43)n2)cc1. The second kappa shape index (κ2) is 10.9. The molecule has 238 valence electrons. The van der Waals surface area contributed by atoms with Crippen LogP contribution in [0.5, 0.6) is 0 Å². The van der Waals surface area contributed by atoms with Gasteiger partial charge in [-0.2, -0.15) is 9.97 Å². The second-order valence-corrected chi connectivity index (χ2v) is 13.9. The number of fused-ring (bicyclic) bond motifs is 9. The van der Waals surface area contributed by atoms with E-state index in [2.05, 4.69) is 132 Å². The highest BCUT2D eigenvalue weighted by Crippen LogP contribution is 2.41. The molecule has 0 spiro atoms. The van der Waals surface area contributed by atoms with Gasteiger partial charge in [0.1, 0.15) is 11.2 Å². The molecule has 51 heavy (non-hydrogen) atoms. The number of benzene rings is 7. The molecule has 0 saturated heterocycles. The van der Waals surface area contributed by atoms with Crippen LogP contribution in [-0.4, -0.2) is 19.5 Å². The Kier molecular flexibility index (Phi) is 6.05. The van der Waals surface area contributed by atoms with Gasteiger partial charge in [-0.15, -0.1) is 11.3 Å². The smallest absolute Gasteiger partial charge is 0.238 e. The summed E-state index contributed by atoms with van der Waals surface area (Å²) in [6.07, 6.45) is 0. The van der Waals surface area contributed by atoms with Crippen LogP contribution in [0, 0.1) is 0 Å². The summed E-state index contributed by atoms with van der Waals surface area (Å²) in [6.45, 7) is 0. The van der Waals surface area contributed by atoms with Gasteiger partial charge in [0.05, 0.1) is 11.0 Å². The Morgan fingerprint density at radius 3 is 1.88 bits per heavy atom. The van der Waals surface area contributed by atoms with E-state index in [1.54, 1.807) is 0 Å². The third-order valence-electron chi connectivity index (χ3n) is 9.88. The summed E-state index contributed by atoms with van der Waals surface area (Å²) >= 11 is 1.83. The maximum atomic E-state index is 6.74. The average Bonchev–Trinajstić information content (AvgIpc) is 3.87. The molecule has 5 nitrogen and oxygen atoms in total. The zero-order chi connectivity index (χ0) is 33.5. The minimum Gasteiger partial charge on any atom is -0.455 e. The molecule has 4 aromatic heterocycles. The number of hydrogen-bond donors (Lipinski definition) is 0. The third kappa shape index (κ3) is 4.37. The first-order valence-corrected chi connectivity index (χ1v) is 17.8. The van der Waals surface area contributed by atoms with Crippen LogP contribution in [0.25, 0.3) is 104 Å². The lowest BCUT2D eigenvalue weighted by Crippen LogP contribution is -2.06. The predicted molar refractivity (Wildman–Crippen MR) is 211 cm³/mol. The van der Waals surface area contributed by atoms with Gasteiger partial charge >= 0.3 is 0 Å². The highest BCUT2D eigenvalue weighted by atomic mass is 32.1. The molecule has 0 unspecified atom stereocenters. The van der Waals surface area contributed by atoms with Crippen molar-refractivity contribution in [2.24, 2.45) is 0 Å². The Labute approximate surface area is 295 Å². The van der Waals surface area contributed by atoms with Crippen molar-refractivity contribution in [3.8, 4) is 39.9 Å². The summed E-state index contributed by atoms with van der Waals surface area (Å²) in [5, 5.41) is 7.00. The molecule has 0 radical (unpaired) electrons. The zero-order valence-corrected chi connectivity index (χ0v) is 27.9. The minimum atomic E-state index is 0.569. The fraction of sp³-hybridized carbons (Fsp3) is 0. The van der Waals surface area contributed by atoms with Gasteiger partial charge < -0.3 is 4.42 Å². The largest absolute Gasteiger partial charge is 0.455 e. The monoisotopic (exact) mass is 670 g/mol. The van der Waals surface area contributed by atoms with E-state index in [9.17, 15) is 0 Å². The molecule has 6 heteroatoms. The first-order chi connectivity index (χ1) is 25.3. The lowest BCUT2D eigenvalue weighted by Gasteiger charge is -2.10. The Hall–Kier alpha value is -6.63. The van der Waals surface area contributed by atoms with E-state index in [1.165, 1.54) is 20.2 Å². The van der Waals surface area contributed by atoms with Gasteiger partial charge in [0, 0.05) is 58.4 Å². The molecule has 0 amide bonds. The van der Waals surface area contributed by atoms with Crippen molar-refractivity contribution < 1.29 is 4.42 Å². The molecule has 0 N–H and O–H groups in total. The summed E-state index contributed by atoms with van der Waals surface area (Å²) < 4.78 is 11.5. The average molecular weight is 671 g/mol. The van der Waals surface area contributed by atoms with Crippen molar-refractivity contribution in [3.05, 3.63) is 158 Å². The third-order valence-corrected chi connectivity index (χ3v) is 11.0. The van der Waals surface area contributed by atoms with Crippen molar-refractivity contribution >= 4 is 75.3 Å². The van der Waals surface area contributed by atoms with E-state index in [1.807, 2.05) is 41.7 Å². The van der Waals surface area contributed by atoms with E-state index in [4.69, 9.17) is 19.4 Å². The number of para-hydroxylation sites is 3. The van der Waals surface area contributed by atoms with Crippen LogP contribution in [0.15, 0.2) is 162 Å². The molecule has 11 rings (SSSR count). The molecule has 0 aliphatic heterocycles. The van der Waals surface area contributed by atoms with Crippen LogP contribution < -0.4 is 0 Å². The Balaban J connectivity index is 1.10. The first-order valence-electron chi connectivity index (χ1n) is 16.9. The topological polar surface area (TPSA) is 56.7 Å². The van der Waals surface area contributed by atoms with E-state index in [-0.39, 0.29) is 0 Å². The number of aromatic nitrogens is 4. The van der Waals surface area contributed by atoms with Crippen LogP contribution in [0.2, 0.25) is 0 Å². The molecule has 0 aliphatic rings. The van der Waals surface area contributed by atoms with Gasteiger partial charge in [0.15, 0.2) is 11.6 Å². The predicted octanol–water partition coefficient (Wildman–Crippen LogP) is 12.2. The maximum absolute atomic E-state index is 6.74. The highest BCUT2D eigenvalue weighted by molar-refractivity contribution is 7.25. The van der Waals surface area contributed by atoms with Gasteiger partial charge in [-0.1, -0.05) is 115 Å². The highest BCUT2D eigenvalue weighted by Gasteiger charge is 2.19. The van der Waals surface area contributed by atoms with Crippen molar-refractivity contribution in [1.29, 1.82) is 0 Å². The molecule has 0 fully saturated rings. The summed E-state index contributed by atoms with van der Waals surface area (Å²) in [4.78, 5) is 15.3. The summed E-state index contributed by atoms with van der Waals surface area (Å²) in [7, 11) is 0. The van der Waals surface area contributed by atoms with Crippen LogP contribution in [0.4, 0.5) is 0 Å². The number of hydrogen-bond acceptors (Lipinski definition) is 5. The van der Waals surface area contributed by atoms with E-state index < -0.39 is 0 Å². The van der Waals surface area contributed by atoms with Crippen molar-refractivity contribution in [2.45, 2.75) is 0 Å². The van der Waals surface area contributed by atoms with Crippen LogP contribution in [-0.2, 0) is 0 Å². The van der Waals surface area contributed by atoms with E-state index in [0.717, 1.165) is 66.0 Å². The maximum Gasteiger partial charge on any atom is 0.238 e. The molecule has 0 saturated carbocycles. The van der Waals surface area contributed by atoms with Crippen LogP contribution in [0.3, 0.4) is 0 Å². The lowest BCUT2D eigenvalue weighted by atomic mass is 10.00. The van der Waals surface area contributed by atoms with Crippen LogP contribution in [0.1, 0.15) is 0 Å². The van der Waals surface area contributed by atoms with E-state index in [0.29, 0.717) is 17.6 Å². The molecule has 7 aromatic carbocycles. The van der Waals surface area contributed by atoms with Crippen molar-refractivity contribution in [2.75, 3.05) is 0 Å². The number of nitrogens with zero attached hydrogens (tertiary/aromatic N) is 4. The normalized spacial score (nSPS) is 11.9. The van der Waals surface area contributed by atoms with Gasteiger partial charge in [0.2, 0.25) is 5.95 Å². The number of furan rings is 1. The second-order valence-electron chi connectivity index (χ2n) is 12.8. The van der Waals surface area contributed by atoms with Crippen molar-refractivity contribution in [1.82, 2.24) is 19.5 Å². The molecular weight excluding hydrogens is 645 g/mol. The van der Waals surface area contributed by atoms with Gasteiger partial charge in [0.25, 0.3) is 0 Å². The fourth-order valence-corrected chi connectivity index (χ4v) is 8.59. The lowest BCUT2D eigenvalue weighted by molar-refractivity contribution is 0.670. The molecule has 4 heterocycles. The molecular formula is C45H26N4OS. The van der Waals surface area contributed by atoms with E-state index >= 15 is 0 Å². The Morgan fingerprint density at radius 1 is 0.431 bits per heavy atom. The molecule has 0 bridgehead atoms.